The molecule has 3 aliphatic rings. The zero-order valence-electron chi connectivity index (χ0n) is 21.7. The fourth-order valence-corrected chi connectivity index (χ4v) is 8.06. The highest BCUT2D eigenvalue weighted by Gasteiger charge is 2.37. The normalized spacial score (nSPS) is 20.8. The molecule has 3 amide bonds. The summed E-state index contributed by atoms with van der Waals surface area (Å²) in [6.45, 7) is 4.74. The molecule has 2 atom stereocenters. The highest BCUT2D eigenvalue weighted by atomic mass is 35.5. The number of amides is 3. The Morgan fingerprint density at radius 2 is 1.95 bits per heavy atom. The van der Waals surface area contributed by atoms with Crippen LogP contribution >= 0.6 is 22.9 Å². The van der Waals surface area contributed by atoms with Gasteiger partial charge in [-0.1, -0.05) is 17.7 Å². The molecule has 5 rings (SSSR count). The van der Waals surface area contributed by atoms with E-state index >= 15 is 0 Å². The first kappa shape index (κ1) is 28.0. The van der Waals surface area contributed by atoms with Gasteiger partial charge < -0.3 is 15.1 Å². The van der Waals surface area contributed by atoms with Crippen LogP contribution in [0.1, 0.15) is 40.9 Å². The quantitative estimate of drug-likeness (QED) is 0.484. The van der Waals surface area contributed by atoms with Crippen molar-refractivity contribution in [1.29, 1.82) is 0 Å². The van der Waals surface area contributed by atoms with Gasteiger partial charge in [-0.05, 0) is 62.6 Å². The highest BCUT2D eigenvalue weighted by Crippen LogP contribution is 2.30. The third-order valence-electron chi connectivity index (χ3n) is 7.67. The average molecular weight is 594 g/mol. The molecule has 0 aliphatic carbocycles. The number of fused-ring (bicyclic) bond motifs is 1. The molecule has 13 heteroatoms. The molecule has 0 spiro atoms. The monoisotopic (exact) mass is 593 g/mol. The minimum atomic E-state index is -4.18. The van der Waals surface area contributed by atoms with Gasteiger partial charge in [-0.15, -0.1) is 11.3 Å². The minimum Gasteiger partial charge on any atom is -0.349 e. The maximum absolute atomic E-state index is 13.7. The standard InChI is InChI=1S/C26H32ClN5O5S2/c1-17-20(32-12-4-8-24(32)33)6-2-7-22(17)39(36,37)29-19(15-28-25(34)21-9-10-23(27)38-21)26(35)31-14-13-30-11-3-5-18(30)16-31/h2,6-7,9-10,18-19,29H,3-5,8,11-16H2,1H3,(H,28,34)/t18?,19-/m0/s1. The van der Waals surface area contributed by atoms with E-state index in [1.807, 2.05) is 0 Å². The van der Waals surface area contributed by atoms with Gasteiger partial charge in [0, 0.05) is 50.9 Å². The predicted octanol–water partition coefficient (Wildman–Crippen LogP) is 2.22. The number of carbonyl (C=O) groups is 3. The summed E-state index contributed by atoms with van der Waals surface area (Å²) in [7, 11) is -4.18. The number of piperazine rings is 1. The molecular formula is C26H32ClN5O5S2. The molecular weight excluding hydrogens is 562 g/mol. The van der Waals surface area contributed by atoms with E-state index in [9.17, 15) is 22.8 Å². The van der Waals surface area contributed by atoms with Crippen molar-refractivity contribution in [3.8, 4) is 0 Å². The molecule has 4 heterocycles. The van der Waals surface area contributed by atoms with Crippen molar-refractivity contribution in [2.75, 3.05) is 44.2 Å². The number of rotatable bonds is 8. The Morgan fingerprint density at radius 3 is 2.67 bits per heavy atom. The third kappa shape index (κ3) is 5.99. The Morgan fingerprint density at radius 1 is 1.13 bits per heavy atom. The molecule has 1 unspecified atom stereocenters. The van der Waals surface area contributed by atoms with E-state index in [2.05, 4.69) is 14.9 Å². The molecule has 210 valence electrons. The van der Waals surface area contributed by atoms with Crippen LogP contribution in [0.4, 0.5) is 5.69 Å². The summed E-state index contributed by atoms with van der Waals surface area (Å²) in [6.07, 6.45) is 3.22. The van der Waals surface area contributed by atoms with Crippen LogP contribution in [0.5, 0.6) is 0 Å². The first-order valence-corrected chi connectivity index (χ1v) is 15.8. The number of hydrogen-bond acceptors (Lipinski definition) is 7. The summed E-state index contributed by atoms with van der Waals surface area (Å²) in [5.74, 6) is -0.857. The van der Waals surface area contributed by atoms with Gasteiger partial charge in [0.2, 0.25) is 21.8 Å². The molecule has 3 fully saturated rings. The zero-order valence-corrected chi connectivity index (χ0v) is 24.1. The fraction of sp³-hybridized carbons (Fsp3) is 0.500. The molecule has 0 bridgehead atoms. The number of benzene rings is 1. The molecule has 0 saturated carbocycles. The molecule has 3 aliphatic heterocycles. The number of hydrogen-bond donors (Lipinski definition) is 2. The Balaban J connectivity index is 1.38. The van der Waals surface area contributed by atoms with Crippen LogP contribution < -0.4 is 14.9 Å². The highest BCUT2D eigenvalue weighted by molar-refractivity contribution is 7.89. The van der Waals surface area contributed by atoms with Gasteiger partial charge in [-0.3, -0.25) is 19.3 Å². The third-order valence-corrected chi connectivity index (χ3v) is 10.5. The zero-order chi connectivity index (χ0) is 27.7. The lowest BCUT2D eigenvalue weighted by atomic mass is 10.1. The lowest BCUT2D eigenvalue weighted by molar-refractivity contribution is -0.135. The van der Waals surface area contributed by atoms with E-state index in [-0.39, 0.29) is 29.3 Å². The van der Waals surface area contributed by atoms with Gasteiger partial charge in [0.25, 0.3) is 5.91 Å². The maximum Gasteiger partial charge on any atom is 0.261 e. The summed E-state index contributed by atoms with van der Waals surface area (Å²) in [4.78, 5) is 44.8. The van der Waals surface area contributed by atoms with Crippen molar-refractivity contribution in [3.63, 3.8) is 0 Å². The summed E-state index contributed by atoms with van der Waals surface area (Å²) in [5, 5.41) is 2.70. The molecule has 2 N–H and O–H groups in total. The first-order valence-electron chi connectivity index (χ1n) is 13.1. The second kappa shape index (κ2) is 11.5. The number of sulfonamides is 1. The van der Waals surface area contributed by atoms with Crippen LogP contribution in [0.3, 0.4) is 0 Å². The van der Waals surface area contributed by atoms with Gasteiger partial charge in [0.05, 0.1) is 14.1 Å². The van der Waals surface area contributed by atoms with Gasteiger partial charge in [0.1, 0.15) is 6.04 Å². The summed E-state index contributed by atoms with van der Waals surface area (Å²) < 4.78 is 30.4. The molecule has 3 saturated heterocycles. The van der Waals surface area contributed by atoms with E-state index in [0.29, 0.717) is 52.9 Å². The number of nitrogens with one attached hydrogen (secondary N) is 2. The summed E-state index contributed by atoms with van der Waals surface area (Å²) >= 11 is 7.06. The van der Waals surface area contributed by atoms with Crippen molar-refractivity contribution in [1.82, 2.24) is 19.8 Å². The van der Waals surface area contributed by atoms with E-state index < -0.39 is 22.0 Å². The SMILES string of the molecule is Cc1c(N2CCCC2=O)cccc1S(=O)(=O)N[C@@H](CNC(=O)c1ccc(Cl)s1)C(=O)N1CCN2CCCC2C1. The molecule has 1 aromatic carbocycles. The summed E-state index contributed by atoms with van der Waals surface area (Å²) in [5.41, 5.74) is 0.978. The topological polar surface area (TPSA) is 119 Å². The molecule has 1 aromatic heterocycles. The maximum atomic E-state index is 13.7. The number of halogens is 1. The van der Waals surface area contributed by atoms with Crippen molar-refractivity contribution < 1.29 is 22.8 Å². The Labute approximate surface area is 237 Å². The van der Waals surface area contributed by atoms with Crippen molar-refractivity contribution in [2.24, 2.45) is 0 Å². The van der Waals surface area contributed by atoms with Crippen LogP contribution in [-0.4, -0.2) is 87.3 Å². The molecule has 0 radical (unpaired) electrons. The Bertz CT molecular complexity index is 1380. The fourth-order valence-electron chi connectivity index (χ4n) is 5.65. The second-order valence-electron chi connectivity index (χ2n) is 10.2. The number of carbonyl (C=O) groups excluding carboxylic acids is 3. The van der Waals surface area contributed by atoms with Gasteiger partial charge in [0.15, 0.2) is 0 Å². The van der Waals surface area contributed by atoms with Crippen LogP contribution in [0, 0.1) is 6.92 Å². The van der Waals surface area contributed by atoms with Gasteiger partial charge >= 0.3 is 0 Å². The van der Waals surface area contributed by atoms with Gasteiger partial charge in [-0.25, -0.2) is 8.42 Å². The molecule has 10 nitrogen and oxygen atoms in total. The average Bonchev–Trinajstić information content (AvgIpc) is 3.66. The number of anilines is 1. The number of thiophene rings is 1. The van der Waals surface area contributed by atoms with Crippen LogP contribution in [0.2, 0.25) is 4.34 Å². The van der Waals surface area contributed by atoms with Gasteiger partial charge in [-0.2, -0.15) is 4.72 Å². The predicted molar refractivity (Wildman–Crippen MR) is 150 cm³/mol. The second-order valence-corrected chi connectivity index (χ2v) is 13.6. The lowest BCUT2D eigenvalue weighted by Crippen LogP contribution is -2.59. The van der Waals surface area contributed by atoms with Crippen LogP contribution in [0.15, 0.2) is 35.2 Å². The first-order chi connectivity index (χ1) is 18.6. The minimum absolute atomic E-state index is 0.00511. The number of nitrogens with zero attached hydrogens (tertiary/aromatic N) is 3. The van der Waals surface area contributed by atoms with E-state index in [1.54, 1.807) is 41.0 Å². The van der Waals surface area contributed by atoms with E-state index in [0.717, 1.165) is 37.3 Å². The van der Waals surface area contributed by atoms with Crippen molar-refractivity contribution in [3.05, 3.63) is 45.1 Å². The summed E-state index contributed by atoms with van der Waals surface area (Å²) in [6, 6.07) is 7.03. The van der Waals surface area contributed by atoms with Crippen molar-refractivity contribution in [2.45, 2.75) is 49.6 Å². The largest absolute Gasteiger partial charge is 0.349 e. The molecule has 39 heavy (non-hydrogen) atoms. The lowest BCUT2D eigenvalue weighted by Gasteiger charge is -2.39. The van der Waals surface area contributed by atoms with E-state index in [4.69, 9.17) is 11.6 Å². The smallest absolute Gasteiger partial charge is 0.261 e. The Hall–Kier alpha value is -2.51. The van der Waals surface area contributed by atoms with Crippen LogP contribution in [-0.2, 0) is 19.6 Å². The molecule has 2 aromatic rings. The Kier molecular flexibility index (Phi) is 8.29. The van der Waals surface area contributed by atoms with Crippen LogP contribution in [0.25, 0.3) is 0 Å². The van der Waals surface area contributed by atoms with E-state index in [1.165, 1.54) is 6.07 Å². The van der Waals surface area contributed by atoms with Crippen molar-refractivity contribution >= 4 is 56.4 Å².